The Morgan fingerprint density at radius 1 is 0.843 bits per heavy atom. The first kappa shape index (κ1) is 33.8. The number of benzene rings is 5. The van der Waals surface area contributed by atoms with Crippen LogP contribution in [0.2, 0.25) is 0 Å². The third kappa shape index (κ3) is 5.59. The molecular formula is C42H40N2O7. The Bertz CT molecular complexity index is 2040. The molecule has 0 saturated carbocycles. The molecule has 1 amide bonds. The molecule has 5 N–H and O–H groups in total. The zero-order chi connectivity index (χ0) is 35.9. The SMILES string of the molecule is CC1(C)COc2cc(O)c(C3(CO)C(=O)N(C(c4ccccc4)c4ccccc4)c4ccccc43)cc21.O=C(O)C1Nc2ccccc2C1CO. The molecule has 0 bridgehead atoms. The lowest BCUT2D eigenvalue weighted by molar-refractivity contribution is -0.138. The average Bonchev–Trinajstić information content (AvgIpc) is 3.76. The van der Waals surface area contributed by atoms with Crippen molar-refractivity contribution in [2.75, 3.05) is 30.0 Å². The van der Waals surface area contributed by atoms with E-state index in [0.29, 0.717) is 23.5 Å². The number of hydrogen-bond donors (Lipinski definition) is 5. The largest absolute Gasteiger partial charge is 0.507 e. The fourth-order valence-electron chi connectivity index (χ4n) is 7.72. The Hall–Kier alpha value is -5.64. The number of anilines is 2. The van der Waals surface area contributed by atoms with Crippen molar-refractivity contribution in [2.24, 2.45) is 0 Å². The Balaban J connectivity index is 0.000000243. The lowest BCUT2D eigenvalue weighted by Crippen LogP contribution is -2.45. The first-order valence-corrected chi connectivity index (χ1v) is 17.0. The summed E-state index contributed by atoms with van der Waals surface area (Å²) in [6.45, 7) is 3.99. The van der Waals surface area contributed by atoms with E-state index >= 15 is 0 Å². The van der Waals surface area contributed by atoms with Crippen LogP contribution < -0.4 is 15.0 Å². The molecule has 260 valence electrons. The van der Waals surface area contributed by atoms with E-state index in [9.17, 15) is 19.8 Å². The zero-order valence-corrected chi connectivity index (χ0v) is 28.4. The highest BCUT2D eigenvalue weighted by Crippen LogP contribution is 2.54. The Morgan fingerprint density at radius 3 is 2.08 bits per heavy atom. The summed E-state index contributed by atoms with van der Waals surface area (Å²) in [7, 11) is 0. The number of nitrogens with zero attached hydrogens (tertiary/aromatic N) is 1. The summed E-state index contributed by atoms with van der Waals surface area (Å²) in [5.41, 5.74) is 4.55. The Labute approximate surface area is 296 Å². The molecule has 9 nitrogen and oxygen atoms in total. The maximum Gasteiger partial charge on any atom is 0.326 e. The van der Waals surface area contributed by atoms with Crippen LogP contribution in [-0.2, 0) is 20.4 Å². The molecular weight excluding hydrogens is 644 g/mol. The average molecular weight is 685 g/mol. The van der Waals surface area contributed by atoms with Gasteiger partial charge < -0.3 is 30.5 Å². The van der Waals surface area contributed by atoms with Gasteiger partial charge in [-0.05, 0) is 40.5 Å². The van der Waals surface area contributed by atoms with Gasteiger partial charge >= 0.3 is 5.97 Å². The number of rotatable bonds is 7. The molecule has 3 atom stereocenters. The third-order valence-electron chi connectivity index (χ3n) is 10.3. The lowest BCUT2D eigenvalue weighted by Gasteiger charge is -2.33. The van der Waals surface area contributed by atoms with Gasteiger partial charge in [-0.1, -0.05) is 111 Å². The van der Waals surface area contributed by atoms with Crippen molar-refractivity contribution in [2.45, 2.75) is 42.7 Å². The first-order chi connectivity index (χ1) is 24.6. The number of carboxylic acids is 1. The highest BCUT2D eigenvalue weighted by molar-refractivity contribution is 6.12. The predicted octanol–water partition coefficient (Wildman–Crippen LogP) is 6.12. The number of aromatic hydroxyl groups is 1. The van der Waals surface area contributed by atoms with Crippen LogP contribution in [0.3, 0.4) is 0 Å². The molecule has 8 rings (SSSR count). The van der Waals surface area contributed by atoms with E-state index in [2.05, 4.69) is 19.2 Å². The van der Waals surface area contributed by atoms with E-state index in [1.807, 2.05) is 115 Å². The maximum absolute atomic E-state index is 14.7. The molecule has 0 fully saturated rings. The van der Waals surface area contributed by atoms with E-state index in [0.717, 1.165) is 33.6 Å². The van der Waals surface area contributed by atoms with Gasteiger partial charge in [-0.3, -0.25) is 9.69 Å². The van der Waals surface area contributed by atoms with E-state index in [1.54, 1.807) is 11.0 Å². The number of phenols is 1. The second-order valence-corrected chi connectivity index (χ2v) is 13.9. The van der Waals surface area contributed by atoms with Crippen molar-refractivity contribution in [1.29, 1.82) is 0 Å². The minimum atomic E-state index is -1.46. The first-order valence-electron chi connectivity index (χ1n) is 17.0. The highest BCUT2D eigenvalue weighted by atomic mass is 16.5. The second kappa shape index (κ2) is 13.2. The third-order valence-corrected chi connectivity index (χ3v) is 10.3. The van der Waals surface area contributed by atoms with Gasteiger partial charge in [0.25, 0.3) is 0 Å². The number of fused-ring (bicyclic) bond motifs is 3. The van der Waals surface area contributed by atoms with Crippen molar-refractivity contribution in [3.05, 3.63) is 155 Å². The van der Waals surface area contributed by atoms with Crippen molar-refractivity contribution >= 4 is 23.3 Å². The monoisotopic (exact) mass is 684 g/mol. The summed E-state index contributed by atoms with van der Waals surface area (Å²) in [6, 6.07) is 37.0. The van der Waals surface area contributed by atoms with Gasteiger partial charge in [0, 0.05) is 39.9 Å². The molecule has 3 unspecified atom stereocenters. The van der Waals surface area contributed by atoms with Gasteiger partial charge in [0.05, 0.1) is 25.9 Å². The number of carbonyl (C=O) groups is 2. The number of para-hydroxylation sites is 2. The molecule has 3 aliphatic heterocycles. The van der Waals surface area contributed by atoms with Crippen molar-refractivity contribution < 1.29 is 34.8 Å². The van der Waals surface area contributed by atoms with Gasteiger partial charge in [-0.25, -0.2) is 4.79 Å². The molecule has 5 aromatic rings. The molecule has 3 heterocycles. The fraction of sp³-hybridized carbons (Fsp3) is 0.238. The number of hydrogen-bond acceptors (Lipinski definition) is 7. The summed E-state index contributed by atoms with van der Waals surface area (Å²) < 4.78 is 5.83. The molecule has 5 aromatic carbocycles. The topological polar surface area (TPSA) is 140 Å². The summed E-state index contributed by atoms with van der Waals surface area (Å²) in [5, 5.41) is 43.2. The summed E-state index contributed by atoms with van der Waals surface area (Å²) in [5.74, 6) is -1.00. The van der Waals surface area contributed by atoms with Crippen LogP contribution >= 0.6 is 0 Å². The molecule has 0 aromatic heterocycles. The highest BCUT2D eigenvalue weighted by Gasteiger charge is 2.55. The van der Waals surface area contributed by atoms with E-state index < -0.39 is 30.1 Å². The Kier molecular flexibility index (Phi) is 8.79. The number of aliphatic carboxylic acids is 1. The van der Waals surface area contributed by atoms with Gasteiger partial charge in [0.2, 0.25) is 5.91 Å². The summed E-state index contributed by atoms with van der Waals surface area (Å²) >= 11 is 0. The Morgan fingerprint density at radius 2 is 1.45 bits per heavy atom. The molecule has 0 saturated heterocycles. The van der Waals surface area contributed by atoms with Crippen LogP contribution in [0.5, 0.6) is 11.5 Å². The smallest absolute Gasteiger partial charge is 0.326 e. The molecule has 0 spiro atoms. The summed E-state index contributed by atoms with van der Waals surface area (Å²) in [4.78, 5) is 27.4. The standard InChI is InChI=1S/C32H29NO4.C10H11NO3/c1-31(2)20-37-28-18-27(35)24(17-25(28)31)32(19-34)23-15-9-10-16-26(23)33(30(32)36)29(21-11-5-3-6-12-21)22-13-7-4-8-14-22;12-5-7-6-3-1-2-4-8(6)11-9(7)10(13)14/h3-18,29,34-35H,19-20H2,1-2H3;1-4,7,9,11-12H,5H2,(H,13,14). The maximum atomic E-state index is 14.7. The van der Waals surface area contributed by atoms with Crippen LogP contribution in [0.15, 0.2) is 121 Å². The van der Waals surface area contributed by atoms with Gasteiger partial charge in [0.1, 0.15) is 23.0 Å². The number of ether oxygens (including phenoxy) is 1. The van der Waals surface area contributed by atoms with E-state index in [1.165, 1.54) is 0 Å². The van der Waals surface area contributed by atoms with Gasteiger partial charge in [0.15, 0.2) is 0 Å². The molecule has 51 heavy (non-hydrogen) atoms. The predicted molar refractivity (Wildman–Crippen MR) is 194 cm³/mol. The second-order valence-electron chi connectivity index (χ2n) is 13.9. The quantitative estimate of drug-likeness (QED) is 0.138. The fourth-order valence-corrected chi connectivity index (χ4v) is 7.72. The van der Waals surface area contributed by atoms with Crippen LogP contribution in [0.4, 0.5) is 11.4 Å². The van der Waals surface area contributed by atoms with Crippen molar-refractivity contribution in [3.63, 3.8) is 0 Å². The normalized spacial score (nSPS) is 20.8. The van der Waals surface area contributed by atoms with Crippen LogP contribution in [0, 0.1) is 0 Å². The minimum absolute atomic E-state index is 0.0634. The number of nitrogens with one attached hydrogen (secondary N) is 1. The molecule has 0 aliphatic carbocycles. The number of amides is 1. The number of phenolic OH excluding ortho intramolecular Hbond substituents is 1. The van der Waals surface area contributed by atoms with Gasteiger partial charge in [-0.15, -0.1) is 0 Å². The number of carbonyl (C=O) groups excluding carboxylic acids is 1. The van der Waals surface area contributed by atoms with Crippen molar-refractivity contribution in [1.82, 2.24) is 0 Å². The number of aliphatic hydroxyl groups excluding tert-OH is 2. The van der Waals surface area contributed by atoms with Crippen LogP contribution in [-0.4, -0.2) is 58.2 Å². The zero-order valence-electron chi connectivity index (χ0n) is 28.4. The van der Waals surface area contributed by atoms with Crippen LogP contribution in [0.1, 0.15) is 59.2 Å². The van der Waals surface area contributed by atoms with Crippen molar-refractivity contribution in [3.8, 4) is 11.5 Å². The minimum Gasteiger partial charge on any atom is -0.507 e. The number of aliphatic hydroxyl groups is 2. The molecule has 0 radical (unpaired) electrons. The van der Waals surface area contributed by atoms with Gasteiger partial charge in [-0.2, -0.15) is 0 Å². The summed E-state index contributed by atoms with van der Waals surface area (Å²) in [6.07, 6.45) is 0. The molecule has 9 heteroatoms. The van der Waals surface area contributed by atoms with E-state index in [4.69, 9.17) is 14.9 Å². The molecule has 3 aliphatic rings. The van der Waals surface area contributed by atoms with E-state index in [-0.39, 0.29) is 29.6 Å². The van der Waals surface area contributed by atoms with Crippen LogP contribution in [0.25, 0.3) is 0 Å². The number of carboxylic acid groups (broad SMARTS) is 1. The lowest BCUT2D eigenvalue weighted by atomic mass is 9.73.